The van der Waals surface area contributed by atoms with Crippen LogP contribution in [-0.2, 0) is 23.8 Å². The largest absolute Gasteiger partial charge is 0.387 e. The van der Waals surface area contributed by atoms with E-state index in [4.69, 9.17) is 9.47 Å². The number of rotatable bonds is 3. The number of aliphatic hydroxyl groups is 2. The minimum absolute atomic E-state index is 0.163. The Labute approximate surface area is 87.7 Å². The molecular formula is C7H14O7S. The zero-order chi connectivity index (χ0) is 11.6. The summed E-state index contributed by atoms with van der Waals surface area (Å²) in [5.74, 6) is 0. The third kappa shape index (κ3) is 3.37. The first-order valence-corrected chi connectivity index (χ1v) is 6.05. The van der Waals surface area contributed by atoms with Crippen LogP contribution in [0.4, 0.5) is 0 Å². The molecule has 0 radical (unpaired) electrons. The molecule has 7 nitrogen and oxygen atoms in total. The maximum Gasteiger partial charge on any atom is 0.264 e. The van der Waals surface area contributed by atoms with E-state index in [2.05, 4.69) is 4.18 Å². The van der Waals surface area contributed by atoms with Crippen molar-refractivity contribution in [1.82, 2.24) is 0 Å². The van der Waals surface area contributed by atoms with Crippen LogP contribution in [0, 0.1) is 0 Å². The first-order chi connectivity index (χ1) is 6.85. The highest BCUT2D eigenvalue weighted by Crippen LogP contribution is 2.19. The van der Waals surface area contributed by atoms with Gasteiger partial charge in [-0.15, -0.1) is 0 Å². The zero-order valence-electron chi connectivity index (χ0n) is 8.36. The van der Waals surface area contributed by atoms with Crippen molar-refractivity contribution in [1.29, 1.82) is 0 Å². The summed E-state index contributed by atoms with van der Waals surface area (Å²) in [5.41, 5.74) is 0. The van der Waals surface area contributed by atoms with Gasteiger partial charge in [0.15, 0.2) is 6.29 Å². The lowest BCUT2D eigenvalue weighted by atomic mass is 10.1. The molecule has 1 saturated heterocycles. The van der Waals surface area contributed by atoms with Crippen LogP contribution in [0.1, 0.15) is 0 Å². The Bertz CT molecular complexity index is 300. The van der Waals surface area contributed by atoms with E-state index in [1.54, 1.807) is 0 Å². The highest BCUT2D eigenvalue weighted by Gasteiger charge is 2.40. The Morgan fingerprint density at radius 3 is 2.40 bits per heavy atom. The lowest BCUT2D eigenvalue weighted by molar-refractivity contribution is -0.257. The maximum absolute atomic E-state index is 10.8. The molecule has 0 aromatic carbocycles. The van der Waals surface area contributed by atoms with Crippen LogP contribution in [0.2, 0.25) is 0 Å². The van der Waals surface area contributed by atoms with Gasteiger partial charge in [0, 0.05) is 7.11 Å². The van der Waals surface area contributed by atoms with Crippen LogP contribution in [0.3, 0.4) is 0 Å². The van der Waals surface area contributed by atoms with Gasteiger partial charge in [0.25, 0.3) is 10.1 Å². The van der Waals surface area contributed by atoms with Gasteiger partial charge in [-0.1, -0.05) is 0 Å². The summed E-state index contributed by atoms with van der Waals surface area (Å²) in [6.45, 7) is -0.163. The fraction of sp³-hybridized carbons (Fsp3) is 1.00. The van der Waals surface area contributed by atoms with Crippen LogP contribution in [-0.4, -0.2) is 63.2 Å². The molecule has 0 bridgehead atoms. The molecule has 1 heterocycles. The van der Waals surface area contributed by atoms with Gasteiger partial charge in [0.1, 0.15) is 18.3 Å². The van der Waals surface area contributed by atoms with Gasteiger partial charge in [-0.05, 0) is 0 Å². The number of methoxy groups -OCH3 is 1. The van der Waals surface area contributed by atoms with E-state index in [-0.39, 0.29) is 6.61 Å². The van der Waals surface area contributed by atoms with Crippen molar-refractivity contribution in [3.8, 4) is 0 Å². The quantitative estimate of drug-likeness (QED) is 0.555. The Morgan fingerprint density at radius 2 is 1.93 bits per heavy atom. The Kier molecular flexibility index (Phi) is 4.04. The summed E-state index contributed by atoms with van der Waals surface area (Å²) in [4.78, 5) is 0. The molecule has 0 aromatic rings. The molecule has 0 amide bonds. The zero-order valence-corrected chi connectivity index (χ0v) is 9.18. The normalized spacial score (nSPS) is 37.9. The van der Waals surface area contributed by atoms with Crippen LogP contribution in [0.5, 0.6) is 0 Å². The van der Waals surface area contributed by atoms with Crippen molar-refractivity contribution in [3.63, 3.8) is 0 Å². The molecule has 1 fully saturated rings. The maximum atomic E-state index is 10.8. The fourth-order valence-corrected chi connectivity index (χ4v) is 1.90. The molecule has 0 spiro atoms. The Balaban J connectivity index is 2.64. The molecule has 1 aliphatic heterocycles. The Hall–Kier alpha value is -0.250. The molecule has 0 aromatic heterocycles. The highest BCUT2D eigenvalue weighted by atomic mass is 32.2. The van der Waals surface area contributed by atoms with E-state index < -0.39 is 34.7 Å². The monoisotopic (exact) mass is 242 g/mol. The van der Waals surface area contributed by atoms with E-state index in [0.717, 1.165) is 6.26 Å². The van der Waals surface area contributed by atoms with E-state index in [1.165, 1.54) is 7.11 Å². The van der Waals surface area contributed by atoms with Gasteiger partial charge < -0.3 is 19.7 Å². The molecule has 0 saturated carbocycles. The van der Waals surface area contributed by atoms with Gasteiger partial charge in [-0.3, -0.25) is 4.18 Å². The standard InChI is InChI=1S/C7H14O7S/c1-12-7-6(9)5(8)4(3-13-7)14-15(2,10)11/h4-9H,3H2,1-2H3/t4-,5-,6-,7-/m1/s1. The van der Waals surface area contributed by atoms with Gasteiger partial charge in [0.05, 0.1) is 12.9 Å². The summed E-state index contributed by atoms with van der Waals surface area (Å²) in [5, 5.41) is 18.9. The lowest BCUT2D eigenvalue weighted by Gasteiger charge is -2.35. The van der Waals surface area contributed by atoms with Gasteiger partial charge in [0.2, 0.25) is 0 Å². The van der Waals surface area contributed by atoms with Crippen molar-refractivity contribution in [2.45, 2.75) is 24.6 Å². The first-order valence-electron chi connectivity index (χ1n) is 4.24. The average Bonchev–Trinajstić information content (AvgIpc) is 2.11. The van der Waals surface area contributed by atoms with E-state index in [9.17, 15) is 18.6 Å². The minimum atomic E-state index is -3.70. The number of hydrogen-bond acceptors (Lipinski definition) is 7. The topological polar surface area (TPSA) is 102 Å². The molecule has 1 aliphatic rings. The highest BCUT2D eigenvalue weighted by molar-refractivity contribution is 7.86. The molecule has 90 valence electrons. The SMILES string of the molecule is CO[C@@H]1OC[C@@H](OS(C)(=O)=O)[C@@H](O)[C@H]1O. The van der Waals surface area contributed by atoms with Crippen LogP contribution >= 0.6 is 0 Å². The summed E-state index contributed by atoms with van der Waals surface area (Å²) >= 11 is 0. The fourth-order valence-electron chi connectivity index (χ4n) is 1.28. The molecule has 0 aliphatic carbocycles. The third-order valence-electron chi connectivity index (χ3n) is 1.97. The summed E-state index contributed by atoms with van der Waals surface area (Å²) in [7, 11) is -2.39. The number of ether oxygens (including phenoxy) is 2. The average molecular weight is 242 g/mol. The van der Waals surface area contributed by atoms with Crippen molar-refractivity contribution < 1.29 is 32.3 Å². The van der Waals surface area contributed by atoms with E-state index in [0.29, 0.717) is 0 Å². The van der Waals surface area contributed by atoms with Gasteiger partial charge in [-0.2, -0.15) is 8.42 Å². The lowest BCUT2D eigenvalue weighted by Crippen LogP contribution is -2.54. The second-order valence-electron chi connectivity index (χ2n) is 3.26. The number of aliphatic hydroxyl groups excluding tert-OH is 2. The molecule has 4 atom stereocenters. The van der Waals surface area contributed by atoms with E-state index in [1.807, 2.05) is 0 Å². The predicted molar refractivity (Wildman–Crippen MR) is 48.5 cm³/mol. The summed E-state index contributed by atoms with van der Waals surface area (Å²) in [6, 6.07) is 0. The predicted octanol–water partition coefficient (Wildman–Crippen LogP) is -1.94. The van der Waals surface area contributed by atoms with Crippen molar-refractivity contribution in [3.05, 3.63) is 0 Å². The van der Waals surface area contributed by atoms with E-state index >= 15 is 0 Å². The van der Waals surface area contributed by atoms with Crippen molar-refractivity contribution >= 4 is 10.1 Å². The molecular weight excluding hydrogens is 228 g/mol. The van der Waals surface area contributed by atoms with Crippen LogP contribution in [0.25, 0.3) is 0 Å². The smallest absolute Gasteiger partial charge is 0.264 e. The molecule has 15 heavy (non-hydrogen) atoms. The molecule has 8 heteroatoms. The van der Waals surface area contributed by atoms with Crippen molar-refractivity contribution in [2.75, 3.05) is 20.0 Å². The van der Waals surface area contributed by atoms with Crippen LogP contribution in [0.15, 0.2) is 0 Å². The first kappa shape index (κ1) is 12.8. The summed E-state index contributed by atoms with van der Waals surface area (Å²) < 4.78 is 35.8. The second-order valence-corrected chi connectivity index (χ2v) is 4.86. The third-order valence-corrected chi connectivity index (χ3v) is 2.56. The number of hydrogen-bond donors (Lipinski definition) is 2. The second kappa shape index (κ2) is 4.73. The Morgan fingerprint density at radius 1 is 1.33 bits per heavy atom. The van der Waals surface area contributed by atoms with Crippen molar-refractivity contribution in [2.24, 2.45) is 0 Å². The van der Waals surface area contributed by atoms with Gasteiger partial charge >= 0.3 is 0 Å². The van der Waals surface area contributed by atoms with Crippen LogP contribution < -0.4 is 0 Å². The molecule has 2 N–H and O–H groups in total. The molecule has 0 unspecified atom stereocenters. The minimum Gasteiger partial charge on any atom is -0.387 e. The molecule has 1 rings (SSSR count). The summed E-state index contributed by atoms with van der Waals surface area (Å²) in [6.07, 6.45) is -3.93. The van der Waals surface area contributed by atoms with Gasteiger partial charge in [-0.25, -0.2) is 0 Å².